The molecule has 0 saturated carbocycles. The largest absolute Gasteiger partial charge is 0.478 e. The molecule has 0 saturated heterocycles. The van der Waals surface area contributed by atoms with Gasteiger partial charge in [0.05, 0.1) is 5.56 Å². The first-order valence-corrected chi connectivity index (χ1v) is 5.69. The zero-order chi connectivity index (χ0) is 13.7. The number of rotatable bonds is 5. The summed E-state index contributed by atoms with van der Waals surface area (Å²) < 4.78 is 0. The predicted molar refractivity (Wildman–Crippen MR) is 68.9 cm³/mol. The summed E-state index contributed by atoms with van der Waals surface area (Å²) >= 11 is 0. The van der Waals surface area contributed by atoms with E-state index in [4.69, 9.17) is 5.11 Å². The second-order valence-corrected chi connectivity index (χ2v) is 4.52. The van der Waals surface area contributed by atoms with E-state index in [1.54, 1.807) is 0 Å². The lowest BCUT2D eigenvalue weighted by molar-refractivity contribution is 0.0696. The highest BCUT2D eigenvalue weighted by molar-refractivity contribution is 5.96. The van der Waals surface area contributed by atoms with Crippen molar-refractivity contribution >= 4 is 11.9 Å². The van der Waals surface area contributed by atoms with Crippen LogP contribution in [0.2, 0.25) is 0 Å². The Morgan fingerprint density at radius 2 is 1.72 bits per heavy atom. The summed E-state index contributed by atoms with van der Waals surface area (Å²) in [7, 11) is 3.87. The topological polar surface area (TPSA) is 69.6 Å². The molecular weight excluding hydrogens is 232 g/mol. The van der Waals surface area contributed by atoms with Gasteiger partial charge in [0.25, 0.3) is 5.91 Å². The van der Waals surface area contributed by atoms with Crippen LogP contribution in [0.4, 0.5) is 0 Å². The molecule has 1 aromatic rings. The van der Waals surface area contributed by atoms with E-state index in [1.165, 1.54) is 24.3 Å². The van der Waals surface area contributed by atoms with Gasteiger partial charge in [-0.15, -0.1) is 0 Å². The van der Waals surface area contributed by atoms with Crippen LogP contribution in [0.5, 0.6) is 0 Å². The van der Waals surface area contributed by atoms with Crippen molar-refractivity contribution < 1.29 is 14.7 Å². The van der Waals surface area contributed by atoms with Gasteiger partial charge in [-0.25, -0.2) is 4.79 Å². The Bertz CT molecular complexity index is 426. The van der Waals surface area contributed by atoms with Gasteiger partial charge in [0.15, 0.2) is 0 Å². The van der Waals surface area contributed by atoms with Crippen molar-refractivity contribution in [1.82, 2.24) is 10.2 Å². The van der Waals surface area contributed by atoms with E-state index < -0.39 is 5.97 Å². The van der Waals surface area contributed by atoms with Crippen molar-refractivity contribution in [2.45, 2.75) is 13.0 Å². The summed E-state index contributed by atoms with van der Waals surface area (Å²) in [5, 5.41) is 11.6. The molecule has 1 rings (SSSR count). The number of nitrogens with one attached hydrogen (secondary N) is 1. The van der Waals surface area contributed by atoms with Crippen LogP contribution in [0.15, 0.2) is 24.3 Å². The molecule has 0 spiro atoms. The Morgan fingerprint density at radius 1 is 1.22 bits per heavy atom. The maximum Gasteiger partial charge on any atom is 0.335 e. The summed E-state index contributed by atoms with van der Waals surface area (Å²) in [6, 6.07) is 5.91. The molecule has 0 aliphatic heterocycles. The van der Waals surface area contributed by atoms with Gasteiger partial charge in [0.1, 0.15) is 0 Å². The summed E-state index contributed by atoms with van der Waals surface area (Å²) in [5.74, 6) is -1.19. The average molecular weight is 250 g/mol. The first-order valence-electron chi connectivity index (χ1n) is 5.69. The minimum atomic E-state index is -0.997. The molecule has 0 fully saturated rings. The Kier molecular flexibility index (Phi) is 4.85. The number of amides is 1. The van der Waals surface area contributed by atoms with Gasteiger partial charge in [0, 0.05) is 18.2 Å². The second-order valence-electron chi connectivity index (χ2n) is 4.52. The van der Waals surface area contributed by atoms with Crippen molar-refractivity contribution in [1.29, 1.82) is 0 Å². The summed E-state index contributed by atoms with van der Waals surface area (Å²) in [6.07, 6.45) is 0. The smallest absolute Gasteiger partial charge is 0.335 e. The molecule has 0 aliphatic carbocycles. The number of carboxylic acid groups (broad SMARTS) is 1. The maximum atomic E-state index is 11.8. The van der Waals surface area contributed by atoms with Gasteiger partial charge in [-0.3, -0.25) is 4.79 Å². The molecule has 1 atom stereocenters. The summed E-state index contributed by atoms with van der Waals surface area (Å²) in [6.45, 7) is 2.67. The van der Waals surface area contributed by atoms with Crippen molar-refractivity contribution in [2.75, 3.05) is 20.6 Å². The van der Waals surface area contributed by atoms with E-state index in [1.807, 2.05) is 25.9 Å². The van der Waals surface area contributed by atoms with Crippen LogP contribution in [-0.4, -0.2) is 48.6 Å². The molecule has 5 heteroatoms. The molecular formula is C13H18N2O3. The number of benzene rings is 1. The Morgan fingerprint density at radius 3 is 2.17 bits per heavy atom. The average Bonchev–Trinajstić information content (AvgIpc) is 2.27. The lowest BCUT2D eigenvalue weighted by atomic mass is 10.1. The number of aromatic carboxylic acids is 1. The number of likely N-dealkylation sites (N-methyl/N-ethyl adjacent to an activating group) is 1. The number of nitrogens with zero attached hydrogens (tertiary/aromatic N) is 1. The third kappa shape index (κ3) is 4.18. The van der Waals surface area contributed by atoms with Crippen LogP contribution < -0.4 is 5.32 Å². The molecule has 1 aromatic carbocycles. The van der Waals surface area contributed by atoms with Gasteiger partial charge < -0.3 is 15.3 Å². The molecule has 1 unspecified atom stereocenters. The van der Waals surface area contributed by atoms with Crippen LogP contribution in [0.25, 0.3) is 0 Å². The van der Waals surface area contributed by atoms with E-state index in [2.05, 4.69) is 5.32 Å². The number of carbonyl (C=O) groups is 2. The fourth-order valence-electron chi connectivity index (χ4n) is 1.66. The normalized spacial score (nSPS) is 12.2. The molecule has 0 heterocycles. The molecule has 98 valence electrons. The lowest BCUT2D eigenvalue weighted by Gasteiger charge is -2.18. The highest BCUT2D eigenvalue weighted by Gasteiger charge is 2.11. The van der Waals surface area contributed by atoms with Gasteiger partial charge >= 0.3 is 5.97 Å². The van der Waals surface area contributed by atoms with Gasteiger partial charge in [0.2, 0.25) is 0 Å². The van der Waals surface area contributed by atoms with Crippen molar-refractivity contribution in [2.24, 2.45) is 0 Å². The fraction of sp³-hybridized carbons (Fsp3) is 0.385. The molecule has 0 aromatic heterocycles. The van der Waals surface area contributed by atoms with Gasteiger partial charge in [-0.05, 0) is 45.3 Å². The molecule has 1 amide bonds. The first kappa shape index (κ1) is 14.2. The van der Waals surface area contributed by atoms with E-state index in [-0.39, 0.29) is 17.5 Å². The summed E-state index contributed by atoms with van der Waals surface area (Å²) in [5.41, 5.74) is 0.637. The quantitative estimate of drug-likeness (QED) is 0.820. The number of hydrogen-bond acceptors (Lipinski definition) is 3. The van der Waals surface area contributed by atoms with E-state index in [0.717, 1.165) is 6.54 Å². The Balaban J connectivity index is 2.64. The van der Waals surface area contributed by atoms with Crippen LogP contribution in [0.3, 0.4) is 0 Å². The number of carbonyl (C=O) groups excluding carboxylic acids is 1. The molecule has 5 nitrogen and oxygen atoms in total. The van der Waals surface area contributed by atoms with Crippen LogP contribution >= 0.6 is 0 Å². The van der Waals surface area contributed by atoms with E-state index in [9.17, 15) is 9.59 Å². The standard InChI is InChI=1S/C13H18N2O3/c1-9(8-15(2)3)14-12(16)10-4-6-11(7-5-10)13(17)18/h4-7,9H,8H2,1-3H3,(H,14,16)(H,17,18). The van der Waals surface area contributed by atoms with Gasteiger partial charge in [-0.1, -0.05) is 0 Å². The predicted octanol–water partition coefficient (Wildman–Crippen LogP) is 1.06. The molecule has 0 bridgehead atoms. The fourth-order valence-corrected chi connectivity index (χ4v) is 1.66. The first-order chi connectivity index (χ1) is 8.40. The highest BCUT2D eigenvalue weighted by atomic mass is 16.4. The Hall–Kier alpha value is -1.88. The molecule has 2 N–H and O–H groups in total. The third-order valence-corrected chi connectivity index (χ3v) is 2.41. The van der Waals surface area contributed by atoms with Gasteiger partial charge in [-0.2, -0.15) is 0 Å². The minimum absolute atomic E-state index is 0.0339. The molecule has 18 heavy (non-hydrogen) atoms. The number of carboxylic acids is 1. The molecule has 0 radical (unpaired) electrons. The SMILES string of the molecule is CC(CN(C)C)NC(=O)c1ccc(C(=O)O)cc1. The van der Waals surface area contributed by atoms with Crippen molar-refractivity contribution in [3.63, 3.8) is 0 Å². The maximum absolute atomic E-state index is 11.8. The zero-order valence-corrected chi connectivity index (χ0v) is 10.8. The van der Waals surface area contributed by atoms with E-state index in [0.29, 0.717) is 5.56 Å². The van der Waals surface area contributed by atoms with Crippen molar-refractivity contribution in [3.8, 4) is 0 Å². The second kappa shape index (κ2) is 6.16. The summed E-state index contributed by atoms with van der Waals surface area (Å²) in [4.78, 5) is 24.5. The Labute approximate surface area is 106 Å². The third-order valence-electron chi connectivity index (χ3n) is 2.41. The van der Waals surface area contributed by atoms with E-state index >= 15 is 0 Å². The zero-order valence-electron chi connectivity index (χ0n) is 10.8. The highest BCUT2D eigenvalue weighted by Crippen LogP contribution is 2.04. The number of hydrogen-bond donors (Lipinski definition) is 2. The molecule has 0 aliphatic rings. The lowest BCUT2D eigenvalue weighted by Crippen LogP contribution is -2.39. The van der Waals surface area contributed by atoms with Crippen LogP contribution in [0.1, 0.15) is 27.6 Å². The van der Waals surface area contributed by atoms with Crippen LogP contribution in [-0.2, 0) is 0 Å². The minimum Gasteiger partial charge on any atom is -0.478 e. The monoisotopic (exact) mass is 250 g/mol. The van der Waals surface area contributed by atoms with Crippen LogP contribution in [0, 0.1) is 0 Å². The van der Waals surface area contributed by atoms with Crippen molar-refractivity contribution in [3.05, 3.63) is 35.4 Å².